The van der Waals surface area contributed by atoms with Crippen molar-refractivity contribution in [3.63, 3.8) is 0 Å². The summed E-state index contributed by atoms with van der Waals surface area (Å²) in [6.45, 7) is -0.311. The number of aromatic hydroxyl groups is 1. The van der Waals surface area contributed by atoms with Crippen LogP contribution in [0.4, 0.5) is 0 Å². The van der Waals surface area contributed by atoms with E-state index in [0.29, 0.717) is 26.5 Å². The molecule has 1 amide bonds. The van der Waals surface area contributed by atoms with Crippen molar-refractivity contribution in [2.24, 2.45) is 5.10 Å². The average molecular weight is 556 g/mol. The maximum atomic E-state index is 12.9. The van der Waals surface area contributed by atoms with Crippen LogP contribution in [0.25, 0.3) is 22.0 Å². The number of nitrogens with one attached hydrogen (secondary N) is 1. The number of carbonyl (C=O) groups is 1. The standard InChI is InChI=1S/C23H16Br2N4O3/c24-16-10-15(22(31)19(25)11-16)12-26-27-20(30)13-29-23(32)18-9-5-4-8-17(18)21(28-29)14-6-2-1-3-7-14/h1-12,31H,13H2,(H,27,30). The third kappa shape index (κ3) is 4.63. The number of fused-ring (bicyclic) bond motifs is 1. The Labute approximate surface area is 199 Å². The molecule has 160 valence electrons. The number of hydrogen-bond donors (Lipinski definition) is 2. The monoisotopic (exact) mass is 554 g/mol. The number of amides is 1. The fourth-order valence-corrected chi connectivity index (χ4v) is 4.44. The Morgan fingerprint density at radius 2 is 1.75 bits per heavy atom. The molecule has 3 aromatic carbocycles. The van der Waals surface area contributed by atoms with Gasteiger partial charge in [-0.3, -0.25) is 9.59 Å². The van der Waals surface area contributed by atoms with Gasteiger partial charge in [-0.15, -0.1) is 0 Å². The third-order valence-corrected chi connectivity index (χ3v) is 5.72. The van der Waals surface area contributed by atoms with E-state index in [1.807, 2.05) is 42.5 Å². The number of nitrogens with zero attached hydrogens (tertiary/aromatic N) is 3. The van der Waals surface area contributed by atoms with Crippen LogP contribution >= 0.6 is 31.9 Å². The molecule has 0 radical (unpaired) electrons. The van der Waals surface area contributed by atoms with Crippen molar-refractivity contribution >= 4 is 54.8 Å². The minimum atomic E-state index is -0.529. The Hall–Kier alpha value is -3.30. The second-order valence-electron chi connectivity index (χ2n) is 6.84. The normalized spacial score (nSPS) is 11.2. The van der Waals surface area contributed by atoms with Crippen LogP contribution in [0.1, 0.15) is 5.56 Å². The van der Waals surface area contributed by atoms with Crippen molar-refractivity contribution in [2.75, 3.05) is 0 Å². The van der Waals surface area contributed by atoms with E-state index in [4.69, 9.17) is 0 Å². The number of hydrazone groups is 1. The van der Waals surface area contributed by atoms with Gasteiger partial charge in [-0.2, -0.15) is 10.2 Å². The summed E-state index contributed by atoms with van der Waals surface area (Å²) in [7, 11) is 0. The van der Waals surface area contributed by atoms with Crippen molar-refractivity contribution < 1.29 is 9.90 Å². The van der Waals surface area contributed by atoms with Gasteiger partial charge >= 0.3 is 0 Å². The van der Waals surface area contributed by atoms with Gasteiger partial charge in [-0.25, -0.2) is 10.1 Å². The maximum absolute atomic E-state index is 12.9. The highest BCUT2D eigenvalue weighted by Gasteiger charge is 2.14. The van der Waals surface area contributed by atoms with Crippen LogP contribution in [0.5, 0.6) is 5.75 Å². The minimum Gasteiger partial charge on any atom is -0.506 e. The summed E-state index contributed by atoms with van der Waals surface area (Å²) >= 11 is 6.57. The summed E-state index contributed by atoms with van der Waals surface area (Å²) < 4.78 is 2.35. The number of phenols is 1. The molecule has 0 aliphatic rings. The van der Waals surface area contributed by atoms with E-state index >= 15 is 0 Å². The smallest absolute Gasteiger partial charge is 0.275 e. The van der Waals surface area contributed by atoms with E-state index in [2.05, 4.69) is 47.5 Å². The second-order valence-corrected chi connectivity index (χ2v) is 8.61. The first-order chi connectivity index (χ1) is 15.4. The van der Waals surface area contributed by atoms with Gasteiger partial charge in [0, 0.05) is 21.0 Å². The molecule has 4 aromatic rings. The largest absolute Gasteiger partial charge is 0.506 e. The molecule has 1 aromatic heterocycles. The summed E-state index contributed by atoms with van der Waals surface area (Å²) in [5.41, 5.74) is 3.85. The highest BCUT2D eigenvalue weighted by atomic mass is 79.9. The van der Waals surface area contributed by atoms with Gasteiger partial charge < -0.3 is 5.11 Å². The molecule has 0 spiro atoms. The molecule has 0 saturated heterocycles. The second kappa shape index (κ2) is 9.46. The Morgan fingerprint density at radius 3 is 2.50 bits per heavy atom. The average Bonchev–Trinajstić information content (AvgIpc) is 2.79. The van der Waals surface area contributed by atoms with Crippen LogP contribution in [0.3, 0.4) is 0 Å². The number of rotatable bonds is 5. The Kier molecular flexibility index (Phi) is 6.48. The topological polar surface area (TPSA) is 96.6 Å². The Bertz CT molecular complexity index is 1400. The van der Waals surface area contributed by atoms with Crippen LogP contribution in [0.2, 0.25) is 0 Å². The highest BCUT2D eigenvalue weighted by Crippen LogP contribution is 2.30. The summed E-state index contributed by atoms with van der Waals surface area (Å²) in [6, 6.07) is 20.0. The predicted octanol–water partition coefficient (Wildman–Crippen LogP) is 4.44. The maximum Gasteiger partial charge on any atom is 0.275 e. The van der Waals surface area contributed by atoms with Crippen molar-refractivity contribution in [2.45, 2.75) is 6.54 Å². The predicted molar refractivity (Wildman–Crippen MR) is 131 cm³/mol. The van der Waals surface area contributed by atoms with E-state index < -0.39 is 5.91 Å². The van der Waals surface area contributed by atoms with Gasteiger partial charge in [0.1, 0.15) is 12.3 Å². The van der Waals surface area contributed by atoms with Gasteiger partial charge in [-0.1, -0.05) is 64.5 Å². The van der Waals surface area contributed by atoms with Crippen LogP contribution in [0, 0.1) is 0 Å². The summed E-state index contributed by atoms with van der Waals surface area (Å²) in [4.78, 5) is 25.4. The van der Waals surface area contributed by atoms with Crippen LogP contribution in [-0.4, -0.2) is 27.0 Å². The molecule has 0 aliphatic heterocycles. The molecule has 9 heteroatoms. The van der Waals surface area contributed by atoms with Gasteiger partial charge in [0.05, 0.1) is 21.8 Å². The van der Waals surface area contributed by atoms with Crippen LogP contribution in [-0.2, 0) is 11.3 Å². The molecule has 0 atom stereocenters. The molecule has 4 rings (SSSR count). The number of hydrogen-bond acceptors (Lipinski definition) is 5. The Morgan fingerprint density at radius 1 is 1.06 bits per heavy atom. The SMILES string of the molecule is O=C(Cn1nc(-c2ccccc2)c2ccccc2c1=O)NN=Cc1cc(Br)cc(Br)c1O. The molecule has 32 heavy (non-hydrogen) atoms. The van der Waals surface area contributed by atoms with Gasteiger partial charge in [0.2, 0.25) is 0 Å². The quantitative estimate of drug-likeness (QED) is 0.281. The zero-order valence-electron chi connectivity index (χ0n) is 16.5. The molecule has 7 nitrogen and oxygen atoms in total. The molecule has 0 unspecified atom stereocenters. The van der Waals surface area contributed by atoms with Crippen LogP contribution in [0.15, 0.2) is 85.6 Å². The number of carbonyl (C=O) groups excluding carboxylic acids is 1. The summed E-state index contributed by atoms with van der Waals surface area (Å²) in [5.74, 6) is -0.537. The van der Waals surface area contributed by atoms with Gasteiger partial charge in [-0.05, 0) is 34.1 Å². The lowest BCUT2D eigenvalue weighted by Gasteiger charge is -2.10. The number of halogens is 2. The minimum absolute atomic E-state index is 0.00822. The zero-order valence-corrected chi connectivity index (χ0v) is 19.7. The molecule has 0 saturated carbocycles. The highest BCUT2D eigenvalue weighted by molar-refractivity contribution is 9.11. The first-order valence-corrected chi connectivity index (χ1v) is 11.1. The molecule has 2 N–H and O–H groups in total. The molecule has 0 fully saturated rings. The first-order valence-electron chi connectivity index (χ1n) is 9.49. The van der Waals surface area contributed by atoms with E-state index in [9.17, 15) is 14.7 Å². The van der Waals surface area contributed by atoms with Crippen LogP contribution < -0.4 is 11.0 Å². The van der Waals surface area contributed by atoms with Crippen molar-refractivity contribution in [3.05, 3.63) is 91.6 Å². The number of phenolic OH excluding ortho intramolecular Hbond substituents is 1. The summed E-state index contributed by atoms with van der Waals surface area (Å²) in [5, 5.41) is 19.6. The van der Waals surface area contributed by atoms with Crippen molar-refractivity contribution in [3.8, 4) is 17.0 Å². The number of benzene rings is 3. The molecule has 1 heterocycles. The molecule has 0 aliphatic carbocycles. The van der Waals surface area contributed by atoms with Crippen molar-refractivity contribution in [1.82, 2.24) is 15.2 Å². The third-order valence-electron chi connectivity index (χ3n) is 4.66. The fraction of sp³-hybridized carbons (Fsp3) is 0.0435. The molecular formula is C23H16Br2N4O3. The lowest BCUT2D eigenvalue weighted by molar-refractivity contribution is -0.121. The fourth-order valence-electron chi connectivity index (χ4n) is 3.18. The summed E-state index contributed by atoms with van der Waals surface area (Å²) in [6.07, 6.45) is 1.31. The lowest BCUT2D eigenvalue weighted by Crippen LogP contribution is -2.32. The van der Waals surface area contributed by atoms with Gasteiger partial charge in [0.15, 0.2) is 0 Å². The van der Waals surface area contributed by atoms with E-state index in [1.165, 1.54) is 6.21 Å². The van der Waals surface area contributed by atoms with E-state index in [-0.39, 0.29) is 17.9 Å². The lowest BCUT2D eigenvalue weighted by atomic mass is 10.1. The Balaban J connectivity index is 1.61. The van der Waals surface area contributed by atoms with E-state index in [0.717, 1.165) is 14.7 Å². The van der Waals surface area contributed by atoms with Crippen molar-refractivity contribution in [1.29, 1.82) is 0 Å². The van der Waals surface area contributed by atoms with E-state index in [1.54, 1.807) is 24.3 Å². The van der Waals surface area contributed by atoms with Gasteiger partial charge in [0.25, 0.3) is 11.5 Å². The first kappa shape index (κ1) is 21.9. The molecular weight excluding hydrogens is 540 g/mol. The number of aromatic nitrogens is 2. The zero-order chi connectivity index (χ0) is 22.7. The molecule has 0 bridgehead atoms.